The third-order valence-corrected chi connectivity index (χ3v) is 5.42. The molecular formula is C24H39NO7. The van der Waals surface area contributed by atoms with Crippen molar-refractivity contribution in [3.05, 3.63) is 23.8 Å². The van der Waals surface area contributed by atoms with Crippen LogP contribution in [0.25, 0.3) is 0 Å². The number of methoxy groups -OCH3 is 1. The molecule has 0 aliphatic rings. The molecule has 0 saturated heterocycles. The number of phenolic OH excluding ortho intramolecular Hbond substituents is 1. The van der Waals surface area contributed by atoms with Crippen LogP contribution in [0, 0.1) is 17.8 Å². The van der Waals surface area contributed by atoms with Gasteiger partial charge in [0.1, 0.15) is 5.60 Å². The topological polar surface area (TPSA) is 125 Å². The molecule has 182 valence electrons. The summed E-state index contributed by atoms with van der Waals surface area (Å²) in [7, 11) is 1.48. The SMILES string of the molecule is COc1ccc(CC(CC(NC(=O)OC(C)(C)C)C(O)CC(C)C(=O)O)C(C)C)cc1O. The number of carbonyl (C=O) groups is 2. The van der Waals surface area contributed by atoms with Gasteiger partial charge in [0.05, 0.1) is 25.2 Å². The Labute approximate surface area is 190 Å². The zero-order valence-corrected chi connectivity index (χ0v) is 20.2. The van der Waals surface area contributed by atoms with Gasteiger partial charge < -0.3 is 30.1 Å². The normalized spacial score (nSPS) is 15.5. The minimum atomic E-state index is -1.06. The minimum absolute atomic E-state index is 0.00391. The highest BCUT2D eigenvalue weighted by Gasteiger charge is 2.30. The van der Waals surface area contributed by atoms with Gasteiger partial charge in [-0.1, -0.05) is 26.8 Å². The van der Waals surface area contributed by atoms with Crippen molar-refractivity contribution in [3.8, 4) is 11.5 Å². The van der Waals surface area contributed by atoms with Gasteiger partial charge in [0.15, 0.2) is 11.5 Å². The van der Waals surface area contributed by atoms with Crippen LogP contribution in [0.2, 0.25) is 0 Å². The molecule has 1 aromatic carbocycles. The molecule has 8 heteroatoms. The van der Waals surface area contributed by atoms with Crippen molar-refractivity contribution in [2.45, 2.75) is 78.6 Å². The van der Waals surface area contributed by atoms with Crippen LogP contribution in [-0.2, 0) is 16.0 Å². The van der Waals surface area contributed by atoms with E-state index in [1.54, 1.807) is 32.9 Å². The lowest BCUT2D eigenvalue weighted by atomic mass is 9.82. The molecule has 1 amide bonds. The number of benzene rings is 1. The van der Waals surface area contributed by atoms with Gasteiger partial charge in [0.2, 0.25) is 0 Å². The minimum Gasteiger partial charge on any atom is -0.504 e. The number of alkyl carbamates (subject to hydrolysis) is 1. The van der Waals surface area contributed by atoms with Crippen LogP contribution in [0.4, 0.5) is 4.79 Å². The van der Waals surface area contributed by atoms with E-state index < -0.39 is 35.7 Å². The molecule has 0 aliphatic carbocycles. The summed E-state index contributed by atoms with van der Waals surface area (Å²) in [5.41, 5.74) is 0.192. The quantitative estimate of drug-likeness (QED) is 0.399. The van der Waals surface area contributed by atoms with Crippen LogP contribution in [0.5, 0.6) is 11.5 Å². The van der Waals surface area contributed by atoms with E-state index in [4.69, 9.17) is 9.47 Å². The van der Waals surface area contributed by atoms with Gasteiger partial charge in [-0.25, -0.2) is 4.79 Å². The highest BCUT2D eigenvalue weighted by molar-refractivity contribution is 5.70. The lowest BCUT2D eigenvalue weighted by Crippen LogP contribution is -2.47. The Bertz CT molecular complexity index is 757. The Morgan fingerprint density at radius 3 is 2.22 bits per heavy atom. The zero-order chi connectivity index (χ0) is 24.6. The molecule has 0 aliphatic heterocycles. The molecule has 4 atom stereocenters. The maximum atomic E-state index is 12.4. The van der Waals surface area contributed by atoms with Crippen molar-refractivity contribution in [2.24, 2.45) is 17.8 Å². The molecule has 0 bridgehead atoms. The van der Waals surface area contributed by atoms with E-state index in [-0.39, 0.29) is 24.0 Å². The van der Waals surface area contributed by atoms with Crippen LogP contribution < -0.4 is 10.1 Å². The van der Waals surface area contributed by atoms with E-state index in [1.165, 1.54) is 14.0 Å². The average Bonchev–Trinajstić information content (AvgIpc) is 2.65. The summed E-state index contributed by atoms with van der Waals surface area (Å²) in [6.07, 6.45) is -0.697. The van der Waals surface area contributed by atoms with E-state index in [2.05, 4.69) is 5.32 Å². The zero-order valence-electron chi connectivity index (χ0n) is 20.2. The molecule has 0 fully saturated rings. The van der Waals surface area contributed by atoms with E-state index in [1.807, 2.05) is 19.9 Å². The number of carbonyl (C=O) groups excluding carboxylic acids is 1. The Balaban J connectivity index is 3.06. The van der Waals surface area contributed by atoms with Crippen molar-refractivity contribution in [1.82, 2.24) is 5.32 Å². The van der Waals surface area contributed by atoms with Gasteiger partial charge in [0.25, 0.3) is 0 Å². The number of carboxylic acids is 1. The third-order valence-electron chi connectivity index (χ3n) is 5.42. The Morgan fingerprint density at radius 2 is 1.75 bits per heavy atom. The number of ether oxygens (including phenoxy) is 2. The van der Waals surface area contributed by atoms with Crippen molar-refractivity contribution in [1.29, 1.82) is 0 Å². The lowest BCUT2D eigenvalue weighted by Gasteiger charge is -2.32. The summed E-state index contributed by atoms with van der Waals surface area (Å²) in [6, 6.07) is 4.52. The van der Waals surface area contributed by atoms with Crippen molar-refractivity contribution < 1.29 is 34.4 Å². The molecule has 1 aromatic rings. The number of aliphatic hydroxyl groups excluding tert-OH is 1. The third kappa shape index (κ3) is 9.34. The number of nitrogens with one attached hydrogen (secondary N) is 1. The van der Waals surface area contributed by atoms with E-state index in [0.717, 1.165) is 5.56 Å². The number of aromatic hydroxyl groups is 1. The number of aliphatic hydroxyl groups is 1. The summed E-state index contributed by atoms with van der Waals surface area (Å²) < 4.78 is 10.4. The highest BCUT2D eigenvalue weighted by Crippen LogP contribution is 2.30. The maximum absolute atomic E-state index is 12.4. The smallest absolute Gasteiger partial charge is 0.407 e. The number of aliphatic carboxylic acids is 1. The average molecular weight is 454 g/mol. The summed E-state index contributed by atoms with van der Waals surface area (Å²) in [5.74, 6) is -1.09. The van der Waals surface area contributed by atoms with Crippen molar-refractivity contribution in [2.75, 3.05) is 7.11 Å². The van der Waals surface area contributed by atoms with Gasteiger partial charge in [-0.2, -0.15) is 0 Å². The van der Waals surface area contributed by atoms with Crippen molar-refractivity contribution >= 4 is 12.1 Å². The van der Waals surface area contributed by atoms with Crippen LogP contribution >= 0.6 is 0 Å². The molecule has 4 unspecified atom stereocenters. The van der Waals surface area contributed by atoms with Gasteiger partial charge in [-0.15, -0.1) is 0 Å². The first-order valence-electron chi connectivity index (χ1n) is 11.0. The van der Waals surface area contributed by atoms with E-state index >= 15 is 0 Å². The second-order valence-electron chi connectivity index (χ2n) is 9.75. The molecule has 4 N–H and O–H groups in total. The van der Waals surface area contributed by atoms with E-state index in [0.29, 0.717) is 18.6 Å². The molecule has 0 saturated carbocycles. The van der Waals surface area contributed by atoms with Gasteiger partial charge in [-0.3, -0.25) is 4.79 Å². The van der Waals surface area contributed by atoms with E-state index in [9.17, 15) is 24.9 Å². The Morgan fingerprint density at radius 1 is 1.12 bits per heavy atom. The largest absolute Gasteiger partial charge is 0.504 e. The molecule has 0 heterocycles. The molecular weight excluding hydrogens is 414 g/mol. The molecule has 1 rings (SSSR count). The lowest BCUT2D eigenvalue weighted by molar-refractivity contribution is -0.142. The molecule has 32 heavy (non-hydrogen) atoms. The van der Waals surface area contributed by atoms with Gasteiger partial charge in [0, 0.05) is 0 Å². The number of hydrogen-bond donors (Lipinski definition) is 4. The van der Waals surface area contributed by atoms with Crippen LogP contribution in [0.15, 0.2) is 18.2 Å². The van der Waals surface area contributed by atoms with Crippen LogP contribution in [0.3, 0.4) is 0 Å². The first kappa shape index (κ1) is 27.6. The first-order valence-corrected chi connectivity index (χ1v) is 11.0. The Kier molecular flexibility index (Phi) is 10.3. The fourth-order valence-corrected chi connectivity index (χ4v) is 3.48. The van der Waals surface area contributed by atoms with Gasteiger partial charge >= 0.3 is 12.1 Å². The number of rotatable bonds is 11. The second kappa shape index (κ2) is 11.9. The summed E-state index contributed by atoms with van der Waals surface area (Å²) in [6.45, 7) is 10.9. The standard InChI is InChI=1S/C24H39NO7/c1-14(2)17(11-16-8-9-21(31-7)20(27)12-16)13-18(19(26)10-15(3)22(28)29)25-23(30)32-24(4,5)6/h8-9,12,14-15,17-19,26-27H,10-11,13H2,1-7H3,(H,25,30)(H,28,29). The fraction of sp³-hybridized carbons (Fsp3) is 0.667. The predicted octanol–water partition coefficient (Wildman–Crippen LogP) is 3.97. The van der Waals surface area contributed by atoms with Crippen LogP contribution in [0.1, 0.15) is 59.9 Å². The highest BCUT2D eigenvalue weighted by atomic mass is 16.6. The summed E-state index contributed by atoms with van der Waals surface area (Å²) in [5, 5.41) is 32.9. The molecule has 0 radical (unpaired) electrons. The molecule has 8 nitrogen and oxygen atoms in total. The molecule has 0 aromatic heterocycles. The number of phenols is 1. The Hall–Kier alpha value is -2.48. The van der Waals surface area contributed by atoms with Crippen LogP contribution in [-0.4, -0.2) is 52.2 Å². The predicted molar refractivity (Wildman–Crippen MR) is 122 cm³/mol. The summed E-state index contributed by atoms with van der Waals surface area (Å²) >= 11 is 0. The maximum Gasteiger partial charge on any atom is 0.407 e. The second-order valence-corrected chi connectivity index (χ2v) is 9.75. The number of amides is 1. The monoisotopic (exact) mass is 453 g/mol. The summed E-state index contributed by atoms with van der Waals surface area (Å²) in [4.78, 5) is 23.7. The molecule has 0 spiro atoms. The first-order chi connectivity index (χ1) is 14.7. The number of carboxylic acid groups (broad SMARTS) is 1. The number of hydrogen-bond acceptors (Lipinski definition) is 6. The fourth-order valence-electron chi connectivity index (χ4n) is 3.48. The van der Waals surface area contributed by atoms with Gasteiger partial charge in [-0.05, 0) is 69.6 Å². The van der Waals surface area contributed by atoms with Crippen molar-refractivity contribution in [3.63, 3.8) is 0 Å².